The van der Waals surface area contributed by atoms with Gasteiger partial charge in [-0.2, -0.15) is 0 Å². The summed E-state index contributed by atoms with van der Waals surface area (Å²) in [4.78, 5) is 23.6. The number of ether oxygens (including phenoxy) is 2. The summed E-state index contributed by atoms with van der Waals surface area (Å²) in [6.45, 7) is 9.14. The maximum atomic E-state index is 11.9. The van der Waals surface area contributed by atoms with E-state index >= 15 is 0 Å². The van der Waals surface area contributed by atoms with Gasteiger partial charge in [0.05, 0.1) is 6.10 Å². The molecule has 0 spiro atoms. The fourth-order valence-electron chi connectivity index (χ4n) is 1.48. The van der Waals surface area contributed by atoms with Crippen molar-refractivity contribution >= 4 is 11.9 Å². The van der Waals surface area contributed by atoms with Crippen LogP contribution in [0, 0.1) is 0 Å². The van der Waals surface area contributed by atoms with Crippen LogP contribution in [0.1, 0.15) is 47.5 Å². The number of hydrogen-bond acceptors (Lipinski definition) is 4. The molecule has 5 nitrogen and oxygen atoms in total. The Hall–Kier alpha value is -1.10. The van der Waals surface area contributed by atoms with Gasteiger partial charge in [-0.25, -0.2) is 4.79 Å². The summed E-state index contributed by atoms with van der Waals surface area (Å²) in [7, 11) is 0. The lowest BCUT2D eigenvalue weighted by Crippen LogP contribution is -2.47. The number of Topliss-reactive ketones (excluding diaryl/α,β-unsaturated/α-hetero) is 1. The van der Waals surface area contributed by atoms with Crippen molar-refractivity contribution < 1.29 is 19.1 Å². The summed E-state index contributed by atoms with van der Waals surface area (Å²) >= 11 is 0. The second kappa shape index (κ2) is 5.26. The van der Waals surface area contributed by atoms with E-state index in [-0.39, 0.29) is 18.5 Å². The molecule has 0 bridgehead atoms. The summed E-state index contributed by atoms with van der Waals surface area (Å²) in [6, 6.07) is 0. The number of ketones is 1. The van der Waals surface area contributed by atoms with Crippen molar-refractivity contribution in [2.24, 2.45) is 0 Å². The van der Waals surface area contributed by atoms with Crippen molar-refractivity contribution in [2.45, 2.75) is 64.7 Å². The number of amides is 1. The van der Waals surface area contributed by atoms with Crippen LogP contribution in [-0.2, 0) is 14.3 Å². The molecule has 1 rings (SSSR count). The van der Waals surface area contributed by atoms with Gasteiger partial charge in [-0.15, -0.1) is 0 Å². The molecule has 0 radical (unpaired) electrons. The fraction of sp³-hybridized carbons (Fsp3) is 0.846. The molecule has 0 unspecified atom stereocenters. The molecule has 1 saturated carbocycles. The Morgan fingerprint density at radius 3 is 2.22 bits per heavy atom. The maximum Gasteiger partial charge on any atom is 0.408 e. The highest BCUT2D eigenvalue weighted by atomic mass is 16.6. The largest absolute Gasteiger partial charge is 0.444 e. The molecular weight excluding hydrogens is 234 g/mol. The van der Waals surface area contributed by atoms with Crippen molar-refractivity contribution in [3.63, 3.8) is 0 Å². The van der Waals surface area contributed by atoms with Gasteiger partial charge in [0.1, 0.15) is 17.7 Å². The van der Waals surface area contributed by atoms with Gasteiger partial charge in [-0.1, -0.05) is 0 Å². The first-order valence-electron chi connectivity index (χ1n) is 6.31. The van der Waals surface area contributed by atoms with Gasteiger partial charge in [-0.3, -0.25) is 4.79 Å². The molecule has 1 amide bonds. The molecule has 0 aromatic carbocycles. The van der Waals surface area contributed by atoms with Crippen molar-refractivity contribution in [2.75, 3.05) is 6.61 Å². The van der Waals surface area contributed by atoms with Crippen LogP contribution in [0.15, 0.2) is 0 Å². The van der Waals surface area contributed by atoms with Gasteiger partial charge in [-0.05, 0) is 47.5 Å². The standard InChI is InChI=1S/C13H23NO4/c1-9(2)17-8-10(15)13(6-7-13)14-11(16)18-12(3,4)5/h9H,6-8H2,1-5H3,(H,14,16). The van der Waals surface area contributed by atoms with Gasteiger partial charge in [0, 0.05) is 0 Å². The van der Waals surface area contributed by atoms with E-state index in [2.05, 4.69) is 5.32 Å². The third-order valence-electron chi connectivity index (χ3n) is 2.57. The molecule has 0 atom stereocenters. The summed E-state index contributed by atoms with van der Waals surface area (Å²) in [6.07, 6.45) is 0.781. The van der Waals surface area contributed by atoms with Crippen LogP contribution in [-0.4, -0.2) is 35.7 Å². The lowest BCUT2D eigenvalue weighted by Gasteiger charge is -2.23. The third-order valence-corrected chi connectivity index (χ3v) is 2.57. The highest BCUT2D eigenvalue weighted by Crippen LogP contribution is 2.36. The Morgan fingerprint density at radius 1 is 1.28 bits per heavy atom. The quantitative estimate of drug-likeness (QED) is 0.818. The lowest BCUT2D eigenvalue weighted by atomic mass is 10.1. The number of carbonyl (C=O) groups is 2. The Labute approximate surface area is 108 Å². The third kappa shape index (κ3) is 4.64. The monoisotopic (exact) mass is 257 g/mol. The minimum absolute atomic E-state index is 0.00581. The molecule has 1 aliphatic carbocycles. The SMILES string of the molecule is CC(C)OCC(=O)C1(NC(=O)OC(C)(C)C)CC1. The molecule has 0 heterocycles. The van der Waals surface area contributed by atoms with E-state index < -0.39 is 17.2 Å². The second-order valence-corrected chi connectivity index (χ2v) is 5.99. The van der Waals surface area contributed by atoms with Crippen LogP contribution in [0.2, 0.25) is 0 Å². The Balaban J connectivity index is 2.45. The van der Waals surface area contributed by atoms with E-state index in [1.165, 1.54) is 0 Å². The van der Waals surface area contributed by atoms with Gasteiger partial charge >= 0.3 is 6.09 Å². The Kier molecular flexibility index (Phi) is 4.37. The van der Waals surface area contributed by atoms with Crippen LogP contribution < -0.4 is 5.32 Å². The van der Waals surface area contributed by atoms with Crippen molar-refractivity contribution in [3.05, 3.63) is 0 Å². The molecule has 1 N–H and O–H groups in total. The second-order valence-electron chi connectivity index (χ2n) is 5.99. The van der Waals surface area contributed by atoms with Crippen LogP contribution >= 0.6 is 0 Å². The molecular formula is C13H23NO4. The zero-order chi connectivity index (χ0) is 14.0. The van der Waals surface area contributed by atoms with Crippen molar-refractivity contribution in [1.29, 1.82) is 0 Å². The van der Waals surface area contributed by atoms with E-state index in [4.69, 9.17) is 9.47 Å². The van der Waals surface area contributed by atoms with Crippen molar-refractivity contribution in [1.82, 2.24) is 5.32 Å². The smallest absolute Gasteiger partial charge is 0.408 e. The topological polar surface area (TPSA) is 64.6 Å². The predicted molar refractivity (Wildman–Crippen MR) is 67.4 cm³/mol. The number of rotatable bonds is 5. The molecule has 18 heavy (non-hydrogen) atoms. The summed E-state index contributed by atoms with van der Waals surface area (Å²) in [5, 5.41) is 2.66. The highest BCUT2D eigenvalue weighted by molar-refractivity contribution is 5.95. The normalized spacial score (nSPS) is 17.4. The zero-order valence-corrected chi connectivity index (χ0v) is 11.8. The number of hydrogen-bond donors (Lipinski definition) is 1. The predicted octanol–water partition coefficient (Wildman–Crippen LogP) is 2.04. The summed E-state index contributed by atoms with van der Waals surface area (Å²) < 4.78 is 10.4. The first-order valence-corrected chi connectivity index (χ1v) is 6.31. The molecule has 0 aromatic rings. The molecule has 0 aromatic heterocycles. The Bertz CT molecular complexity index is 326. The van der Waals surface area contributed by atoms with Crippen LogP contribution in [0.4, 0.5) is 4.79 Å². The number of carbonyl (C=O) groups excluding carboxylic acids is 2. The lowest BCUT2D eigenvalue weighted by molar-refractivity contribution is -0.128. The van der Waals surface area contributed by atoms with E-state index in [0.717, 1.165) is 0 Å². The molecule has 1 aliphatic rings. The maximum absolute atomic E-state index is 11.9. The number of alkyl carbamates (subject to hydrolysis) is 1. The van der Waals surface area contributed by atoms with Crippen molar-refractivity contribution in [3.8, 4) is 0 Å². The molecule has 1 fully saturated rings. The van der Waals surface area contributed by atoms with E-state index in [1.54, 1.807) is 20.8 Å². The summed E-state index contributed by atoms with van der Waals surface area (Å²) in [5.41, 5.74) is -1.31. The fourth-order valence-corrected chi connectivity index (χ4v) is 1.48. The van der Waals surface area contributed by atoms with Gasteiger partial charge < -0.3 is 14.8 Å². The van der Waals surface area contributed by atoms with Gasteiger partial charge in [0.2, 0.25) is 0 Å². The number of nitrogens with one attached hydrogen (secondary N) is 1. The summed E-state index contributed by atoms with van der Waals surface area (Å²) in [5.74, 6) is -0.0814. The first kappa shape index (κ1) is 15.0. The average Bonchev–Trinajstić information content (AvgIpc) is 2.91. The Morgan fingerprint density at radius 2 is 1.83 bits per heavy atom. The zero-order valence-electron chi connectivity index (χ0n) is 11.8. The van der Waals surface area contributed by atoms with E-state index in [9.17, 15) is 9.59 Å². The minimum Gasteiger partial charge on any atom is -0.444 e. The molecule has 0 saturated heterocycles. The molecule has 0 aliphatic heterocycles. The van der Waals surface area contributed by atoms with Crippen LogP contribution in [0.3, 0.4) is 0 Å². The van der Waals surface area contributed by atoms with Gasteiger partial charge in [0.25, 0.3) is 0 Å². The molecule has 5 heteroatoms. The van der Waals surface area contributed by atoms with Crippen LogP contribution in [0.5, 0.6) is 0 Å². The highest BCUT2D eigenvalue weighted by Gasteiger charge is 2.51. The minimum atomic E-state index is -0.753. The van der Waals surface area contributed by atoms with Crippen LogP contribution in [0.25, 0.3) is 0 Å². The average molecular weight is 257 g/mol. The molecule has 104 valence electrons. The van der Waals surface area contributed by atoms with E-state index in [1.807, 2.05) is 13.8 Å². The van der Waals surface area contributed by atoms with E-state index in [0.29, 0.717) is 12.8 Å². The van der Waals surface area contributed by atoms with Gasteiger partial charge in [0.15, 0.2) is 5.78 Å². The first-order chi connectivity index (χ1) is 8.15.